The molecule has 7 heteroatoms. The van der Waals surface area contributed by atoms with Gasteiger partial charge in [0.1, 0.15) is 5.75 Å². The van der Waals surface area contributed by atoms with Gasteiger partial charge in [0, 0.05) is 12.5 Å². The van der Waals surface area contributed by atoms with E-state index in [-0.39, 0.29) is 11.7 Å². The predicted octanol–water partition coefficient (Wildman–Crippen LogP) is 2.97. The van der Waals surface area contributed by atoms with Crippen LogP contribution < -0.4 is 10.5 Å². The summed E-state index contributed by atoms with van der Waals surface area (Å²) in [6.07, 6.45) is -3.82. The van der Waals surface area contributed by atoms with Crippen LogP contribution in [0, 0.1) is 0 Å². The second kappa shape index (κ2) is 5.93. The average Bonchev–Trinajstić information content (AvgIpc) is 2.37. The number of benzene rings is 1. The van der Waals surface area contributed by atoms with E-state index >= 15 is 0 Å². The van der Waals surface area contributed by atoms with E-state index in [4.69, 9.17) is 10.5 Å². The van der Waals surface area contributed by atoms with Gasteiger partial charge in [-0.3, -0.25) is 0 Å². The maximum atomic E-state index is 12.9. The molecule has 0 aromatic heterocycles. The van der Waals surface area contributed by atoms with Crippen LogP contribution in [0.4, 0.5) is 18.0 Å². The topological polar surface area (TPSA) is 55.6 Å². The minimum absolute atomic E-state index is 0.107. The van der Waals surface area contributed by atoms with Gasteiger partial charge in [-0.25, -0.2) is 4.79 Å². The molecule has 1 aliphatic rings. The Labute approximate surface area is 120 Å². The van der Waals surface area contributed by atoms with E-state index in [1.807, 2.05) is 11.9 Å². The molecule has 2 rings (SSSR count). The Bertz CT molecular complexity index is 531. The summed E-state index contributed by atoms with van der Waals surface area (Å²) in [5.41, 5.74) is 4.62. The molecule has 0 saturated carbocycles. The normalized spacial score (nSPS) is 20.3. The number of hydrogen-bond donors (Lipinski definition) is 1. The summed E-state index contributed by atoms with van der Waals surface area (Å²) >= 11 is 0. The molecular formula is C14H17F3N2O2. The Kier molecular flexibility index (Phi) is 4.41. The van der Waals surface area contributed by atoms with Crippen molar-refractivity contribution in [3.8, 4) is 5.75 Å². The van der Waals surface area contributed by atoms with Crippen LogP contribution in [0.25, 0.3) is 0 Å². The van der Waals surface area contributed by atoms with Gasteiger partial charge in [0.25, 0.3) is 0 Å². The number of halogens is 3. The van der Waals surface area contributed by atoms with Crippen LogP contribution in [0.2, 0.25) is 0 Å². The smallest absolute Gasteiger partial charge is 0.410 e. The lowest BCUT2D eigenvalue weighted by Gasteiger charge is -2.31. The highest BCUT2D eigenvalue weighted by Gasteiger charge is 2.33. The Balaban J connectivity index is 2.39. The van der Waals surface area contributed by atoms with Crippen molar-refractivity contribution >= 4 is 6.09 Å². The van der Waals surface area contributed by atoms with Crippen LogP contribution in [-0.2, 0) is 6.18 Å². The number of primary amides is 1. The predicted molar refractivity (Wildman–Crippen MR) is 71.1 cm³/mol. The molecule has 2 N–H and O–H groups in total. The summed E-state index contributed by atoms with van der Waals surface area (Å²) in [5, 5.41) is 0. The summed E-state index contributed by atoms with van der Waals surface area (Å²) in [6.45, 7) is 1.53. The van der Waals surface area contributed by atoms with Crippen molar-refractivity contribution in [1.82, 2.24) is 4.90 Å². The summed E-state index contributed by atoms with van der Waals surface area (Å²) in [6, 6.07) is 3.12. The van der Waals surface area contributed by atoms with E-state index in [1.54, 1.807) is 0 Å². The van der Waals surface area contributed by atoms with Gasteiger partial charge in [-0.2, -0.15) is 13.2 Å². The maximum absolute atomic E-state index is 12.9. The maximum Gasteiger partial charge on any atom is 0.416 e. The van der Waals surface area contributed by atoms with E-state index in [2.05, 4.69) is 0 Å². The van der Waals surface area contributed by atoms with Crippen LogP contribution in [0.5, 0.6) is 5.75 Å². The lowest BCUT2D eigenvalue weighted by Crippen LogP contribution is -2.31. The van der Waals surface area contributed by atoms with E-state index in [9.17, 15) is 18.0 Å². The van der Waals surface area contributed by atoms with Crippen LogP contribution >= 0.6 is 0 Å². The molecule has 1 fully saturated rings. The average molecular weight is 302 g/mol. The number of nitrogens with zero attached hydrogens (tertiary/aromatic N) is 1. The first kappa shape index (κ1) is 15.6. The van der Waals surface area contributed by atoms with Crippen molar-refractivity contribution in [1.29, 1.82) is 0 Å². The van der Waals surface area contributed by atoms with Crippen molar-refractivity contribution in [3.63, 3.8) is 0 Å². The van der Waals surface area contributed by atoms with Gasteiger partial charge in [0.05, 0.1) is 5.56 Å². The minimum Gasteiger partial charge on any atom is -0.410 e. The molecule has 1 heterocycles. The zero-order valence-electron chi connectivity index (χ0n) is 11.6. The molecule has 116 valence electrons. The van der Waals surface area contributed by atoms with Crippen LogP contribution in [-0.4, -0.2) is 31.1 Å². The minimum atomic E-state index is -4.43. The molecule has 1 amide bonds. The van der Waals surface area contributed by atoms with Crippen LogP contribution in [0.1, 0.15) is 29.9 Å². The van der Waals surface area contributed by atoms with Gasteiger partial charge in [-0.15, -0.1) is 0 Å². The Hall–Kier alpha value is -1.76. The molecule has 1 atom stereocenters. The fourth-order valence-electron chi connectivity index (χ4n) is 2.67. The summed E-state index contributed by atoms with van der Waals surface area (Å²) in [5.74, 6) is -0.00352. The SMILES string of the molecule is CN1CCCC(c2cc(C(F)(F)F)ccc2OC(N)=O)C1. The molecule has 1 aromatic rings. The molecular weight excluding hydrogens is 285 g/mol. The third kappa shape index (κ3) is 3.87. The quantitative estimate of drug-likeness (QED) is 0.913. The Morgan fingerprint density at radius 3 is 2.71 bits per heavy atom. The first-order chi connectivity index (χ1) is 9.77. The van der Waals surface area contributed by atoms with Gasteiger partial charge < -0.3 is 15.4 Å². The zero-order chi connectivity index (χ0) is 15.6. The number of alkyl halides is 3. The van der Waals surface area contributed by atoms with Gasteiger partial charge in [-0.1, -0.05) is 0 Å². The number of hydrogen-bond acceptors (Lipinski definition) is 3. The summed E-state index contributed by atoms with van der Waals surface area (Å²) in [4.78, 5) is 13.0. The van der Waals surface area contributed by atoms with Crippen molar-refractivity contribution in [2.45, 2.75) is 24.9 Å². The lowest BCUT2D eigenvalue weighted by molar-refractivity contribution is -0.137. The number of piperidine rings is 1. The number of amides is 1. The number of nitrogens with two attached hydrogens (primary N) is 1. The van der Waals surface area contributed by atoms with Crippen molar-refractivity contribution in [2.75, 3.05) is 20.1 Å². The second-order valence-corrected chi connectivity index (χ2v) is 5.27. The van der Waals surface area contributed by atoms with Crippen LogP contribution in [0.3, 0.4) is 0 Å². The number of rotatable bonds is 2. The molecule has 1 aliphatic heterocycles. The molecule has 0 radical (unpaired) electrons. The summed E-state index contributed by atoms with van der Waals surface area (Å²) in [7, 11) is 1.91. The first-order valence-corrected chi connectivity index (χ1v) is 6.64. The molecule has 1 unspecified atom stereocenters. The molecule has 0 spiro atoms. The summed E-state index contributed by atoms with van der Waals surface area (Å²) < 4.78 is 43.4. The monoisotopic (exact) mass is 302 g/mol. The second-order valence-electron chi connectivity index (χ2n) is 5.27. The fourth-order valence-corrected chi connectivity index (χ4v) is 2.67. The molecule has 1 aromatic carbocycles. The van der Waals surface area contributed by atoms with E-state index in [0.717, 1.165) is 37.6 Å². The number of likely N-dealkylation sites (N-methyl/N-ethyl adjacent to an activating group) is 1. The Morgan fingerprint density at radius 2 is 2.14 bits per heavy atom. The largest absolute Gasteiger partial charge is 0.416 e. The van der Waals surface area contributed by atoms with Gasteiger partial charge >= 0.3 is 12.3 Å². The molecule has 0 aliphatic carbocycles. The lowest BCUT2D eigenvalue weighted by atomic mass is 9.89. The van der Waals surface area contributed by atoms with E-state index < -0.39 is 17.8 Å². The van der Waals surface area contributed by atoms with Gasteiger partial charge in [-0.05, 0) is 50.2 Å². The van der Waals surface area contributed by atoms with Crippen molar-refractivity contribution in [3.05, 3.63) is 29.3 Å². The first-order valence-electron chi connectivity index (χ1n) is 6.64. The van der Waals surface area contributed by atoms with E-state index in [0.29, 0.717) is 12.1 Å². The standard InChI is InChI=1S/C14H17F3N2O2/c1-19-6-2-3-9(8-19)11-7-10(14(15,16)17)4-5-12(11)21-13(18)20/h4-5,7,9H,2-3,6,8H2,1H3,(H2,18,20). The number of likely N-dealkylation sites (tertiary alicyclic amines) is 1. The number of carbonyl (C=O) groups is 1. The highest BCUT2D eigenvalue weighted by atomic mass is 19.4. The van der Waals surface area contributed by atoms with Crippen molar-refractivity contribution in [2.24, 2.45) is 5.73 Å². The highest BCUT2D eigenvalue weighted by Crippen LogP contribution is 2.38. The highest BCUT2D eigenvalue weighted by molar-refractivity contribution is 5.68. The molecule has 4 nitrogen and oxygen atoms in total. The van der Waals surface area contributed by atoms with Crippen LogP contribution in [0.15, 0.2) is 18.2 Å². The van der Waals surface area contributed by atoms with Crippen molar-refractivity contribution < 1.29 is 22.7 Å². The van der Waals surface area contributed by atoms with Gasteiger partial charge in [0.15, 0.2) is 0 Å². The number of carbonyl (C=O) groups excluding carboxylic acids is 1. The van der Waals surface area contributed by atoms with Gasteiger partial charge in [0.2, 0.25) is 0 Å². The molecule has 21 heavy (non-hydrogen) atoms. The fraction of sp³-hybridized carbons (Fsp3) is 0.500. The molecule has 1 saturated heterocycles. The zero-order valence-corrected chi connectivity index (χ0v) is 11.6. The Morgan fingerprint density at radius 1 is 1.43 bits per heavy atom. The number of ether oxygens (including phenoxy) is 1. The third-order valence-electron chi connectivity index (χ3n) is 3.61. The third-order valence-corrected chi connectivity index (χ3v) is 3.61. The molecule has 0 bridgehead atoms. The van der Waals surface area contributed by atoms with E-state index in [1.165, 1.54) is 0 Å².